The van der Waals surface area contributed by atoms with Gasteiger partial charge in [-0.25, -0.2) is 0 Å². The smallest absolute Gasteiger partial charge is 0.179 e. The first-order valence-electron chi connectivity index (χ1n) is 17.9. The zero-order valence-corrected chi connectivity index (χ0v) is 27.8. The minimum Gasteiger partial charge on any atom is -0.452 e. The molecule has 10 rings (SSSR count). The lowest BCUT2D eigenvalue weighted by Crippen LogP contribution is -2.37. The molecule has 0 saturated carbocycles. The molecule has 0 radical (unpaired) electrons. The second-order valence-electron chi connectivity index (χ2n) is 14.4. The molecule has 2 fully saturated rings. The van der Waals surface area contributed by atoms with E-state index in [0.29, 0.717) is 12.1 Å². The lowest BCUT2D eigenvalue weighted by molar-refractivity contribution is 0.485. The Labute approximate surface area is 280 Å². The van der Waals surface area contributed by atoms with Gasteiger partial charge in [0.1, 0.15) is 11.2 Å². The molecule has 238 valence electrons. The van der Waals surface area contributed by atoms with Gasteiger partial charge in [-0.15, -0.1) is 0 Å². The van der Waals surface area contributed by atoms with E-state index >= 15 is 0 Å². The third-order valence-corrected chi connectivity index (χ3v) is 11.4. The van der Waals surface area contributed by atoms with Crippen molar-refractivity contribution in [2.24, 2.45) is 0 Å². The molecule has 0 aliphatic carbocycles. The van der Waals surface area contributed by atoms with E-state index < -0.39 is 0 Å². The molecular weight excluding hydrogens is 588 g/mol. The summed E-state index contributed by atoms with van der Waals surface area (Å²) in [6.07, 6.45) is 7.67. The molecule has 2 unspecified atom stereocenters. The Kier molecular flexibility index (Phi) is 6.31. The fraction of sp³-hybridized carbons (Fsp3) is 0.273. The van der Waals surface area contributed by atoms with Gasteiger partial charge in [0.2, 0.25) is 0 Å². The van der Waals surface area contributed by atoms with Crippen molar-refractivity contribution in [2.45, 2.75) is 64.5 Å². The van der Waals surface area contributed by atoms with Crippen molar-refractivity contribution in [3.05, 3.63) is 97.1 Å². The molecule has 0 spiro atoms. The van der Waals surface area contributed by atoms with Crippen LogP contribution in [0.15, 0.2) is 106 Å². The molecule has 0 N–H and O–H groups in total. The normalized spacial score (nSPS) is 19.1. The van der Waals surface area contributed by atoms with Gasteiger partial charge in [-0.05, 0) is 140 Å². The average molecular weight is 629 g/mol. The van der Waals surface area contributed by atoms with Crippen LogP contribution in [0.2, 0.25) is 0 Å². The number of nitrogens with zero attached hydrogens (tertiary/aromatic N) is 2. The van der Waals surface area contributed by atoms with Crippen LogP contribution in [-0.4, -0.2) is 25.2 Å². The Bertz CT molecular complexity index is 2520. The highest BCUT2D eigenvalue weighted by atomic mass is 16.4. The number of fused-ring (bicyclic) bond motifs is 9. The van der Waals surface area contributed by atoms with E-state index in [-0.39, 0.29) is 0 Å². The van der Waals surface area contributed by atoms with E-state index in [9.17, 15) is 0 Å². The molecule has 2 atom stereocenters. The van der Waals surface area contributed by atoms with Gasteiger partial charge < -0.3 is 18.6 Å². The number of hydrogen-bond acceptors (Lipinski definition) is 4. The third kappa shape index (κ3) is 4.35. The predicted octanol–water partition coefficient (Wildman–Crippen LogP) is 12.2. The average Bonchev–Trinajstić information content (AvgIpc) is 3.67. The van der Waals surface area contributed by atoms with E-state index in [4.69, 9.17) is 8.83 Å². The Morgan fingerprint density at radius 1 is 0.521 bits per heavy atom. The van der Waals surface area contributed by atoms with Crippen molar-refractivity contribution in [2.75, 3.05) is 22.9 Å². The quantitative estimate of drug-likeness (QED) is 0.195. The zero-order valence-electron chi connectivity index (χ0n) is 27.8. The summed E-state index contributed by atoms with van der Waals surface area (Å²) in [5, 5.41) is 9.35. The van der Waals surface area contributed by atoms with Crippen molar-refractivity contribution in [3.8, 4) is 11.1 Å². The highest BCUT2D eigenvalue weighted by Crippen LogP contribution is 2.46. The molecule has 2 aliphatic heterocycles. The molecule has 0 bridgehead atoms. The summed E-state index contributed by atoms with van der Waals surface area (Å²) >= 11 is 0. The fourth-order valence-corrected chi connectivity index (χ4v) is 8.80. The van der Waals surface area contributed by atoms with Gasteiger partial charge in [0.05, 0.1) is 0 Å². The maximum absolute atomic E-state index is 6.87. The summed E-state index contributed by atoms with van der Waals surface area (Å²) in [5.74, 6) is 0. The number of piperidine rings is 2. The molecule has 2 aliphatic rings. The summed E-state index contributed by atoms with van der Waals surface area (Å²) < 4.78 is 13.7. The first kappa shape index (κ1) is 28.1. The van der Waals surface area contributed by atoms with Gasteiger partial charge in [-0.1, -0.05) is 42.5 Å². The topological polar surface area (TPSA) is 32.8 Å². The summed E-state index contributed by atoms with van der Waals surface area (Å²) in [6, 6.07) is 37.2. The Balaban J connectivity index is 1.20. The lowest BCUT2D eigenvalue weighted by Gasteiger charge is -2.35. The maximum atomic E-state index is 6.87. The van der Waals surface area contributed by atoms with Crippen LogP contribution in [0.3, 0.4) is 0 Å². The van der Waals surface area contributed by atoms with Gasteiger partial charge in [0.15, 0.2) is 11.2 Å². The molecule has 4 heterocycles. The highest BCUT2D eigenvalue weighted by molar-refractivity contribution is 6.25. The first-order chi connectivity index (χ1) is 23.6. The van der Waals surface area contributed by atoms with Crippen LogP contribution in [0.4, 0.5) is 11.4 Å². The molecule has 2 aromatic heterocycles. The molecule has 6 aromatic carbocycles. The molecular formula is C44H40N2O2. The standard InChI is InChI=1S/C44H40N2O2/c1-27-10-6-8-18-45(27)34-16-14-30-22-37-38-26-36(29-12-4-3-5-13-29)42-39-23-31-15-17-35(46-19-9-7-11-28(46)2)21-33(31)25-41(39)48-44(42)43(38)47-40(37)24-32(30)20-34/h3-5,12-17,20-28H,6-11,18-19H2,1-2H3. The molecule has 48 heavy (non-hydrogen) atoms. The number of hydrogen-bond donors (Lipinski definition) is 0. The van der Waals surface area contributed by atoms with E-state index in [1.165, 1.54) is 82.6 Å². The van der Waals surface area contributed by atoms with Crippen LogP contribution >= 0.6 is 0 Å². The number of furan rings is 2. The van der Waals surface area contributed by atoms with Crippen molar-refractivity contribution in [1.29, 1.82) is 0 Å². The van der Waals surface area contributed by atoms with Gasteiger partial charge >= 0.3 is 0 Å². The van der Waals surface area contributed by atoms with E-state index in [1.54, 1.807) is 0 Å². The number of benzene rings is 6. The van der Waals surface area contributed by atoms with Crippen molar-refractivity contribution >= 4 is 76.8 Å². The van der Waals surface area contributed by atoms with Crippen molar-refractivity contribution < 1.29 is 8.83 Å². The molecule has 4 heteroatoms. The Morgan fingerprint density at radius 2 is 1.10 bits per heavy atom. The fourth-order valence-electron chi connectivity index (χ4n) is 8.80. The SMILES string of the molecule is CC1CCCCN1c1ccc2cc3c(cc2c1)oc1c3cc(-c2ccccc2)c2c3cc4ccc(N5CCCCC5C)cc4cc3oc12. The maximum Gasteiger partial charge on any atom is 0.179 e. The third-order valence-electron chi connectivity index (χ3n) is 11.4. The van der Waals surface area contributed by atoms with Crippen LogP contribution in [0.25, 0.3) is 76.5 Å². The minimum atomic E-state index is 0.567. The van der Waals surface area contributed by atoms with Crippen LogP contribution in [0, 0.1) is 0 Å². The largest absolute Gasteiger partial charge is 0.452 e. The van der Waals surface area contributed by atoms with E-state index in [2.05, 4.69) is 121 Å². The Morgan fingerprint density at radius 3 is 1.73 bits per heavy atom. The van der Waals surface area contributed by atoms with Gasteiger partial charge in [0, 0.05) is 58.1 Å². The summed E-state index contributed by atoms with van der Waals surface area (Å²) in [7, 11) is 0. The second kappa shape index (κ2) is 10.8. The first-order valence-corrected chi connectivity index (χ1v) is 17.9. The minimum absolute atomic E-state index is 0.567. The van der Waals surface area contributed by atoms with Crippen molar-refractivity contribution in [1.82, 2.24) is 0 Å². The number of anilines is 2. The summed E-state index contributed by atoms with van der Waals surface area (Å²) in [4.78, 5) is 5.13. The highest BCUT2D eigenvalue weighted by Gasteiger charge is 2.24. The Hall–Kier alpha value is -4.96. The van der Waals surface area contributed by atoms with Crippen molar-refractivity contribution in [3.63, 3.8) is 0 Å². The summed E-state index contributed by atoms with van der Waals surface area (Å²) in [5.41, 5.74) is 8.41. The van der Waals surface area contributed by atoms with Crippen LogP contribution in [0.1, 0.15) is 52.4 Å². The predicted molar refractivity (Wildman–Crippen MR) is 203 cm³/mol. The van der Waals surface area contributed by atoms with E-state index in [0.717, 1.165) is 57.0 Å². The van der Waals surface area contributed by atoms with Gasteiger partial charge in [-0.3, -0.25) is 0 Å². The van der Waals surface area contributed by atoms with Gasteiger partial charge in [-0.2, -0.15) is 0 Å². The lowest BCUT2D eigenvalue weighted by atomic mass is 9.95. The van der Waals surface area contributed by atoms with E-state index in [1.807, 2.05) is 0 Å². The summed E-state index contributed by atoms with van der Waals surface area (Å²) in [6.45, 7) is 6.95. The van der Waals surface area contributed by atoms with Crippen LogP contribution < -0.4 is 9.80 Å². The van der Waals surface area contributed by atoms with Crippen LogP contribution in [0.5, 0.6) is 0 Å². The zero-order chi connectivity index (χ0) is 31.9. The van der Waals surface area contributed by atoms with Crippen LogP contribution in [-0.2, 0) is 0 Å². The van der Waals surface area contributed by atoms with Gasteiger partial charge in [0.25, 0.3) is 0 Å². The molecule has 2 saturated heterocycles. The monoisotopic (exact) mass is 628 g/mol. The number of rotatable bonds is 3. The molecule has 4 nitrogen and oxygen atoms in total. The molecule has 8 aromatic rings. The molecule has 0 amide bonds. The second-order valence-corrected chi connectivity index (χ2v) is 14.4.